The lowest BCUT2D eigenvalue weighted by atomic mass is 9.90. The van der Waals surface area contributed by atoms with E-state index in [1.54, 1.807) is 13.2 Å². The Kier molecular flexibility index (Phi) is 6.05. The van der Waals surface area contributed by atoms with E-state index < -0.39 is 0 Å². The number of hydrogen-bond acceptors (Lipinski definition) is 2. The van der Waals surface area contributed by atoms with Crippen molar-refractivity contribution in [2.75, 3.05) is 13.7 Å². The maximum Gasteiger partial charge on any atom is 0.224 e. The van der Waals surface area contributed by atoms with E-state index in [4.69, 9.17) is 16.3 Å². The zero-order valence-corrected chi connectivity index (χ0v) is 17.4. The summed E-state index contributed by atoms with van der Waals surface area (Å²) in [5.41, 5.74) is 4.16. The lowest BCUT2D eigenvalue weighted by molar-refractivity contribution is -0.120. The summed E-state index contributed by atoms with van der Waals surface area (Å²) in [7, 11) is 1.65. The Hall–Kier alpha value is -3.24. The van der Waals surface area contributed by atoms with Crippen molar-refractivity contribution in [1.82, 2.24) is 10.3 Å². The van der Waals surface area contributed by atoms with Gasteiger partial charge >= 0.3 is 0 Å². The van der Waals surface area contributed by atoms with Crippen molar-refractivity contribution < 1.29 is 9.53 Å². The quantitative estimate of drug-likeness (QED) is 0.426. The summed E-state index contributed by atoms with van der Waals surface area (Å²) in [6, 6.07) is 23.6. The van der Waals surface area contributed by atoms with E-state index in [1.807, 2.05) is 60.8 Å². The molecule has 152 valence electrons. The van der Waals surface area contributed by atoms with Crippen molar-refractivity contribution in [2.45, 2.75) is 12.3 Å². The molecular formula is C25H23ClN2O2. The molecule has 0 saturated heterocycles. The topological polar surface area (TPSA) is 54.1 Å². The Morgan fingerprint density at radius 2 is 1.77 bits per heavy atom. The highest BCUT2D eigenvalue weighted by Gasteiger charge is 2.19. The normalized spacial score (nSPS) is 11.9. The molecule has 1 aromatic heterocycles. The molecule has 0 saturated carbocycles. The molecule has 1 heterocycles. The van der Waals surface area contributed by atoms with Crippen LogP contribution in [0.25, 0.3) is 10.9 Å². The minimum absolute atomic E-state index is 0.00208. The smallest absolute Gasteiger partial charge is 0.224 e. The average Bonchev–Trinajstić information content (AvgIpc) is 3.20. The van der Waals surface area contributed by atoms with Gasteiger partial charge in [0.25, 0.3) is 0 Å². The highest BCUT2D eigenvalue weighted by atomic mass is 35.5. The molecule has 4 aromatic rings. The highest BCUT2D eigenvalue weighted by molar-refractivity contribution is 6.31. The molecule has 1 unspecified atom stereocenters. The number of nitrogens with one attached hydrogen (secondary N) is 2. The first-order chi connectivity index (χ1) is 14.7. The Balaban J connectivity index is 1.59. The zero-order valence-electron chi connectivity index (χ0n) is 16.7. The zero-order chi connectivity index (χ0) is 20.9. The second kappa shape index (κ2) is 9.06. The van der Waals surface area contributed by atoms with Gasteiger partial charge in [-0.1, -0.05) is 60.1 Å². The van der Waals surface area contributed by atoms with Gasteiger partial charge in [-0.25, -0.2) is 0 Å². The van der Waals surface area contributed by atoms with E-state index in [9.17, 15) is 4.79 Å². The number of aromatic nitrogens is 1. The predicted molar refractivity (Wildman–Crippen MR) is 121 cm³/mol. The third kappa shape index (κ3) is 4.34. The number of carbonyl (C=O) groups is 1. The van der Waals surface area contributed by atoms with Crippen LogP contribution in [-0.2, 0) is 11.2 Å². The number of aromatic amines is 1. The first kappa shape index (κ1) is 20.0. The largest absolute Gasteiger partial charge is 0.497 e. The number of halogens is 1. The van der Waals surface area contributed by atoms with Gasteiger partial charge in [0.05, 0.1) is 13.5 Å². The van der Waals surface area contributed by atoms with Crippen LogP contribution in [0.2, 0.25) is 5.02 Å². The minimum Gasteiger partial charge on any atom is -0.497 e. The van der Waals surface area contributed by atoms with E-state index in [0.29, 0.717) is 11.6 Å². The molecule has 30 heavy (non-hydrogen) atoms. The Morgan fingerprint density at radius 3 is 2.53 bits per heavy atom. The van der Waals surface area contributed by atoms with Crippen LogP contribution in [0.4, 0.5) is 0 Å². The lowest BCUT2D eigenvalue weighted by Crippen LogP contribution is -2.30. The molecule has 0 aliphatic heterocycles. The summed E-state index contributed by atoms with van der Waals surface area (Å²) in [4.78, 5) is 16.0. The first-order valence-corrected chi connectivity index (χ1v) is 10.2. The average molecular weight is 419 g/mol. The number of para-hydroxylation sites is 1. The molecule has 0 aliphatic carbocycles. The van der Waals surface area contributed by atoms with Crippen LogP contribution in [0.3, 0.4) is 0 Å². The van der Waals surface area contributed by atoms with Crippen molar-refractivity contribution in [1.29, 1.82) is 0 Å². The van der Waals surface area contributed by atoms with E-state index in [-0.39, 0.29) is 18.2 Å². The van der Waals surface area contributed by atoms with Crippen molar-refractivity contribution in [3.05, 3.63) is 101 Å². The van der Waals surface area contributed by atoms with Gasteiger partial charge in [0.2, 0.25) is 5.91 Å². The third-order valence-corrected chi connectivity index (χ3v) is 5.70. The Morgan fingerprint density at radius 1 is 1.03 bits per heavy atom. The Labute approximate surface area is 180 Å². The standard InChI is InChI=1S/C25H23ClN2O2/c1-30-19-12-10-17(11-13-19)21(22-16-27-24-9-5-3-7-20(22)24)15-28-25(29)14-18-6-2-4-8-23(18)26/h2-13,16,21,27H,14-15H2,1H3,(H,28,29). The van der Waals surface area contributed by atoms with Gasteiger partial charge in [0.15, 0.2) is 0 Å². The van der Waals surface area contributed by atoms with Gasteiger partial charge in [0, 0.05) is 34.6 Å². The van der Waals surface area contributed by atoms with E-state index in [1.165, 1.54) is 0 Å². The Bertz CT molecular complexity index is 1150. The molecule has 0 radical (unpaired) electrons. The number of amides is 1. The summed E-state index contributed by atoms with van der Waals surface area (Å²) in [6.07, 6.45) is 2.28. The molecule has 0 bridgehead atoms. The maximum absolute atomic E-state index is 12.6. The van der Waals surface area contributed by atoms with Crippen LogP contribution in [0, 0.1) is 0 Å². The van der Waals surface area contributed by atoms with Crippen LogP contribution in [0.15, 0.2) is 79.0 Å². The molecule has 4 rings (SSSR count). The van der Waals surface area contributed by atoms with Crippen LogP contribution in [-0.4, -0.2) is 24.5 Å². The number of rotatable bonds is 7. The summed E-state index contributed by atoms with van der Waals surface area (Å²) in [6.45, 7) is 0.484. The predicted octanol–water partition coefficient (Wildman–Crippen LogP) is 5.32. The number of ether oxygens (including phenoxy) is 1. The van der Waals surface area contributed by atoms with Gasteiger partial charge in [0.1, 0.15) is 5.75 Å². The van der Waals surface area contributed by atoms with Gasteiger partial charge in [-0.15, -0.1) is 0 Å². The molecule has 1 amide bonds. The summed E-state index contributed by atoms with van der Waals surface area (Å²) < 4.78 is 5.30. The summed E-state index contributed by atoms with van der Waals surface area (Å²) in [5.74, 6) is 0.753. The van der Waals surface area contributed by atoms with Crippen molar-refractivity contribution in [3.63, 3.8) is 0 Å². The maximum atomic E-state index is 12.6. The molecule has 1 atom stereocenters. The fraction of sp³-hybridized carbons (Fsp3) is 0.160. The van der Waals surface area contributed by atoms with Crippen molar-refractivity contribution >= 4 is 28.4 Å². The lowest BCUT2D eigenvalue weighted by Gasteiger charge is -2.19. The minimum atomic E-state index is -0.0542. The molecule has 0 aliphatic rings. The number of carbonyl (C=O) groups excluding carboxylic acids is 1. The fourth-order valence-electron chi connectivity index (χ4n) is 3.72. The van der Waals surface area contributed by atoms with Crippen molar-refractivity contribution in [3.8, 4) is 5.75 Å². The second-order valence-electron chi connectivity index (χ2n) is 7.19. The summed E-state index contributed by atoms with van der Waals surface area (Å²) in [5, 5.41) is 4.85. The van der Waals surface area contributed by atoms with Crippen LogP contribution >= 0.6 is 11.6 Å². The molecule has 0 spiro atoms. The monoisotopic (exact) mass is 418 g/mol. The second-order valence-corrected chi connectivity index (χ2v) is 7.59. The van der Waals surface area contributed by atoms with Gasteiger partial charge in [-0.05, 0) is 41.0 Å². The SMILES string of the molecule is COc1ccc(C(CNC(=O)Cc2ccccc2Cl)c2c[nH]c3ccccc23)cc1. The van der Waals surface area contributed by atoms with E-state index in [0.717, 1.165) is 33.3 Å². The van der Waals surface area contributed by atoms with Crippen molar-refractivity contribution in [2.24, 2.45) is 0 Å². The fourth-order valence-corrected chi connectivity index (χ4v) is 3.92. The number of fused-ring (bicyclic) bond motifs is 1. The molecule has 4 nitrogen and oxygen atoms in total. The third-order valence-electron chi connectivity index (χ3n) is 5.33. The van der Waals surface area contributed by atoms with E-state index >= 15 is 0 Å². The first-order valence-electron chi connectivity index (χ1n) is 9.86. The van der Waals surface area contributed by atoms with Crippen LogP contribution < -0.4 is 10.1 Å². The number of hydrogen-bond donors (Lipinski definition) is 2. The van der Waals surface area contributed by atoms with Crippen LogP contribution in [0.5, 0.6) is 5.75 Å². The van der Waals surface area contributed by atoms with Gasteiger partial charge < -0.3 is 15.0 Å². The molecule has 3 aromatic carbocycles. The number of H-pyrrole nitrogens is 1. The molecule has 5 heteroatoms. The molecular weight excluding hydrogens is 396 g/mol. The number of methoxy groups -OCH3 is 1. The highest BCUT2D eigenvalue weighted by Crippen LogP contribution is 2.31. The van der Waals surface area contributed by atoms with Crippen LogP contribution in [0.1, 0.15) is 22.6 Å². The molecule has 2 N–H and O–H groups in total. The van der Waals surface area contributed by atoms with E-state index in [2.05, 4.69) is 22.4 Å². The van der Waals surface area contributed by atoms with Gasteiger partial charge in [-0.2, -0.15) is 0 Å². The molecule has 0 fully saturated rings. The van der Waals surface area contributed by atoms with Gasteiger partial charge in [-0.3, -0.25) is 4.79 Å². The number of benzene rings is 3. The summed E-state index contributed by atoms with van der Waals surface area (Å²) >= 11 is 6.21.